The predicted octanol–water partition coefficient (Wildman–Crippen LogP) is 6.13. The molecule has 4 aromatic rings. The van der Waals surface area contributed by atoms with Crippen LogP contribution in [0.15, 0.2) is 64.6 Å². The van der Waals surface area contributed by atoms with Crippen LogP contribution >= 0.6 is 23.2 Å². The molecule has 36 heavy (non-hydrogen) atoms. The number of hydrogen-bond donors (Lipinski definition) is 1. The van der Waals surface area contributed by atoms with Crippen molar-refractivity contribution >= 4 is 40.2 Å². The number of benzene rings is 2. The first-order valence-electron chi connectivity index (χ1n) is 11.6. The zero-order valence-corrected chi connectivity index (χ0v) is 21.2. The smallest absolute Gasteiger partial charge is 0.335 e. The Morgan fingerprint density at radius 3 is 2.72 bits per heavy atom. The summed E-state index contributed by atoms with van der Waals surface area (Å²) >= 11 is 12.1. The van der Waals surface area contributed by atoms with Crippen LogP contribution in [0.2, 0.25) is 10.0 Å². The first kappa shape index (κ1) is 24.4. The predicted molar refractivity (Wildman–Crippen MR) is 139 cm³/mol. The Labute approximate surface area is 218 Å². The molecule has 0 saturated carbocycles. The standard InChI is InChI=1S/C27H25Cl2N3O4/c1-31-24-13-18(27(33)34)2-6-23(24)30-26(31)15-32-10-8-17(9-11-32)12-20-4-5-21(36-20)16-35-25-7-3-19(28)14-22(25)29/h2-8,13-14H,9-12,15-16H2,1H3,(H,33,34). The number of carbonyl (C=O) groups is 1. The molecule has 0 spiro atoms. The van der Waals surface area contributed by atoms with Crippen LogP contribution in [0, 0.1) is 0 Å². The molecule has 0 unspecified atom stereocenters. The summed E-state index contributed by atoms with van der Waals surface area (Å²) in [6.45, 7) is 2.73. The average Bonchev–Trinajstić information content (AvgIpc) is 3.43. The van der Waals surface area contributed by atoms with Crippen LogP contribution in [0.3, 0.4) is 0 Å². The van der Waals surface area contributed by atoms with Crippen LogP contribution in [0.5, 0.6) is 5.75 Å². The average molecular weight is 526 g/mol. The number of fused-ring (bicyclic) bond motifs is 1. The minimum atomic E-state index is -0.935. The van der Waals surface area contributed by atoms with E-state index in [-0.39, 0.29) is 5.56 Å². The molecular weight excluding hydrogens is 501 g/mol. The van der Waals surface area contributed by atoms with Gasteiger partial charge in [0.25, 0.3) is 0 Å². The second-order valence-corrected chi connectivity index (χ2v) is 9.70. The van der Waals surface area contributed by atoms with Gasteiger partial charge in [0.2, 0.25) is 0 Å². The maximum Gasteiger partial charge on any atom is 0.335 e. The van der Waals surface area contributed by atoms with Gasteiger partial charge in [-0.05, 0) is 55.0 Å². The van der Waals surface area contributed by atoms with Crippen molar-refractivity contribution in [2.24, 2.45) is 7.05 Å². The topological polar surface area (TPSA) is 80.7 Å². The number of carboxylic acids is 1. The van der Waals surface area contributed by atoms with E-state index in [1.807, 2.05) is 23.7 Å². The highest BCUT2D eigenvalue weighted by molar-refractivity contribution is 6.35. The SMILES string of the molecule is Cn1c(CN2CC=C(Cc3ccc(COc4ccc(Cl)cc4Cl)o3)CC2)nc2ccc(C(=O)O)cc21. The lowest BCUT2D eigenvalue weighted by atomic mass is 10.0. The van der Waals surface area contributed by atoms with Crippen LogP contribution in [-0.2, 0) is 26.6 Å². The first-order valence-corrected chi connectivity index (χ1v) is 12.4. The number of furan rings is 1. The van der Waals surface area contributed by atoms with Gasteiger partial charge in [-0.3, -0.25) is 4.90 Å². The van der Waals surface area contributed by atoms with E-state index in [2.05, 4.69) is 11.0 Å². The molecule has 1 aliphatic heterocycles. The normalized spacial score (nSPS) is 14.2. The number of carboxylic acid groups (broad SMARTS) is 1. The fourth-order valence-electron chi connectivity index (χ4n) is 4.33. The number of imidazole rings is 1. The van der Waals surface area contributed by atoms with Crippen molar-refractivity contribution in [2.45, 2.75) is 26.0 Å². The molecule has 0 atom stereocenters. The van der Waals surface area contributed by atoms with Crippen LogP contribution < -0.4 is 4.74 Å². The van der Waals surface area contributed by atoms with Crippen LogP contribution in [0.4, 0.5) is 0 Å². The lowest BCUT2D eigenvalue weighted by Gasteiger charge is -2.25. The zero-order chi connectivity index (χ0) is 25.2. The highest BCUT2D eigenvalue weighted by atomic mass is 35.5. The second-order valence-electron chi connectivity index (χ2n) is 8.85. The van der Waals surface area contributed by atoms with Crippen LogP contribution in [0.1, 0.15) is 34.1 Å². The molecule has 7 nitrogen and oxygen atoms in total. The Morgan fingerprint density at radius 1 is 1.14 bits per heavy atom. The molecule has 0 amide bonds. The largest absolute Gasteiger partial charge is 0.484 e. The summed E-state index contributed by atoms with van der Waals surface area (Å²) in [5, 5.41) is 10.3. The zero-order valence-electron chi connectivity index (χ0n) is 19.7. The number of halogens is 2. The van der Waals surface area contributed by atoms with E-state index >= 15 is 0 Å². The highest BCUT2D eigenvalue weighted by Gasteiger charge is 2.17. The molecule has 186 valence electrons. The van der Waals surface area contributed by atoms with E-state index in [0.29, 0.717) is 28.9 Å². The molecule has 0 fully saturated rings. The molecule has 5 rings (SSSR count). The molecule has 3 heterocycles. The van der Waals surface area contributed by atoms with Crippen molar-refractivity contribution in [3.05, 3.63) is 93.1 Å². The van der Waals surface area contributed by atoms with Crippen molar-refractivity contribution in [1.29, 1.82) is 0 Å². The van der Waals surface area contributed by atoms with Gasteiger partial charge in [0.1, 0.15) is 29.7 Å². The van der Waals surface area contributed by atoms with Gasteiger partial charge in [-0.15, -0.1) is 0 Å². The third-order valence-corrected chi connectivity index (χ3v) is 6.89. The fourth-order valence-corrected chi connectivity index (χ4v) is 4.79. The van der Waals surface area contributed by atoms with Crippen LogP contribution in [0.25, 0.3) is 11.0 Å². The van der Waals surface area contributed by atoms with Gasteiger partial charge >= 0.3 is 5.97 Å². The first-order chi connectivity index (χ1) is 17.4. The van der Waals surface area contributed by atoms with E-state index in [0.717, 1.165) is 54.3 Å². The summed E-state index contributed by atoms with van der Waals surface area (Å²) in [6, 6.07) is 14.1. The van der Waals surface area contributed by atoms with Gasteiger partial charge in [0, 0.05) is 31.6 Å². The van der Waals surface area contributed by atoms with Gasteiger partial charge in [-0.2, -0.15) is 0 Å². The quantitative estimate of drug-likeness (QED) is 0.279. The van der Waals surface area contributed by atoms with Crippen LogP contribution in [-0.4, -0.2) is 38.6 Å². The minimum Gasteiger partial charge on any atom is -0.484 e. The number of aromatic carboxylic acids is 1. The highest BCUT2D eigenvalue weighted by Crippen LogP contribution is 2.28. The van der Waals surface area contributed by atoms with Crippen molar-refractivity contribution in [3.8, 4) is 5.75 Å². The summed E-state index contributed by atoms with van der Waals surface area (Å²) in [5.74, 6) is 2.19. The maximum absolute atomic E-state index is 11.3. The molecule has 1 N–H and O–H groups in total. The summed E-state index contributed by atoms with van der Waals surface area (Å²) < 4.78 is 13.7. The summed E-state index contributed by atoms with van der Waals surface area (Å²) in [4.78, 5) is 18.3. The number of rotatable bonds is 8. The summed E-state index contributed by atoms with van der Waals surface area (Å²) in [5.41, 5.74) is 3.24. The minimum absolute atomic E-state index is 0.268. The van der Waals surface area contributed by atoms with Crippen molar-refractivity contribution in [3.63, 3.8) is 0 Å². The Kier molecular flexibility index (Phi) is 7.05. The molecule has 2 aromatic heterocycles. The number of hydrogen-bond acceptors (Lipinski definition) is 5. The van der Waals surface area contributed by atoms with E-state index in [1.54, 1.807) is 36.4 Å². The number of aryl methyl sites for hydroxylation is 1. The lowest BCUT2D eigenvalue weighted by molar-refractivity contribution is 0.0697. The molecule has 2 aromatic carbocycles. The van der Waals surface area contributed by atoms with E-state index in [9.17, 15) is 9.90 Å². The molecule has 0 radical (unpaired) electrons. The third-order valence-electron chi connectivity index (χ3n) is 6.36. The second kappa shape index (κ2) is 10.4. The van der Waals surface area contributed by atoms with Crippen molar-refractivity contribution in [2.75, 3.05) is 13.1 Å². The van der Waals surface area contributed by atoms with Gasteiger partial charge in [-0.25, -0.2) is 9.78 Å². The van der Waals surface area contributed by atoms with E-state index in [1.165, 1.54) is 5.57 Å². The molecule has 0 saturated heterocycles. The Hall–Kier alpha value is -3.26. The monoisotopic (exact) mass is 525 g/mol. The molecule has 9 heteroatoms. The van der Waals surface area contributed by atoms with Gasteiger partial charge in [-0.1, -0.05) is 34.9 Å². The van der Waals surface area contributed by atoms with Gasteiger partial charge in [0.05, 0.1) is 28.2 Å². The third kappa shape index (κ3) is 5.43. The van der Waals surface area contributed by atoms with E-state index in [4.69, 9.17) is 37.3 Å². The van der Waals surface area contributed by atoms with Crippen molar-refractivity contribution in [1.82, 2.24) is 14.5 Å². The Morgan fingerprint density at radius 2 is 1.97 bits per heavy atom. The molecular formula is C27H25Cl2N3O4. The van der Waals surface area contributed by atoms with E-state index < -0.39 is 5.97 Å². The van der Waals surface area contributed by atoms with Gasteiger partial charge < -0.3 is 18.8 Å². The number of aromatic nitrogens is 2. The maximum atomic E-state index is 11.3. The molecule has 0 bridgehead atoms. The lowest BCUT2D eigenvalue weighted by Crippen LogP contribution is -2.29. The fraction of sp³-hybridized carbons (Fsp3) is 0.259. The number of nitrogens with zero attached hydrogens (tertiary/aromatic N) is 3. The Bertz CT molecular complexity index is 1460. The summed E-state index contributed by atoms with van der Waals surface area (Å²) in [7, 11) is 1.93. The summed E-state index contributed by atoms with van der Waals surface area (Å²) in [6.07, 6.45) is 3.96. The van der Waals surface area contributed by atoms with Crippen molar-refractivity contribution < 1.29 is 19.1 Å². The van der Waals surface area contributed by atoms with Gasteiger partial charge in [0.15, 0.2) is 0 Å². The molecule has 0 aliphatic carbocycles. The molecule has 1 aliphatic rings. The Balaban J connectivity index is 1.16. The number of ether oxygens (including phenoxy) is 1.